The summed E-state index contributed by atoms with van der Waals surface area (Å²) in [6.07, 6.45) is -3.86. The number of hydrogen-bond donors (Lipinski definition) is 6. The van der Waals surface area contributed by atoms with Crippen molar-refractivity contribution in [1.82, 2.24) is 0 Å². The lowest BCUT2D eigenvalue weighted by atomic mass is 9.68. The molecule has 0 spiro atoms. The van der Waals surface area contributed by atoms with Gasteiger partial charge >= 0.3 is 0 Å². The summed E-state index contributed by atoms with van der Waals surface area (Å²) in [7, 11) is 0. The van der Waals surface area contributed by atoms with Crippen LogP contribution >= 0.6 is 0 Å². The molecule has 2 fully saturated rings. The standard InChI is InChI=1S/C24H40O10/c1-12-6-5-9-24(3,4)14(12)8-7-13(2)32-23-21(30)19(28)18(27)16(34-23)11-31-22-20(29)17(26)15(10-25)33-22/h6-8,13-23,25-30H,5,9-11H2,1-4H3/t13-,14+,15+,16-,17+,18-,19+,20-,21-,22-,23-/m1/s1. The van der Waals surface area contributed by atoms with E-state index in [0.717, 1.165) is 12.8 Å². The second-order valence-corrected chi connectivity index (χ2v) is 10.2. The van der Waals surface area contributed by atoms with Gasteiger partial charge in [0.05, 0.1) is 19.3 Å². The molecule has 10 heteroatoms. The zero-order valence-corrected chi connectivity index (χ0v) is 20.2. The minimum Gasteiger partial charge on any atom is -0.394 e. The van der Waals surface area contributed by atoms with Crippen LogP contribution in [0.2, 0.25) is 0 Å². The Hall–Kier alpha value is -0.920. The van der Waals surface area contributed by atoms with Gasteiger partial charge in [0.25, 0.3) is 0 Å². The maximum atomic E-state index is 10.4. The molecule has 0 unspecified atom stereocenters. The maximum absolute atomic E-state index is 10.4. The van der Waals surface area contributed by atoms with Crippen LogP contribution in [0.1, 0.15) is 40.5 Å². The number of hydrogen-bond acceptors (Lipinski definition) is 10. The van der Waals surface area contributed by atoms with Crippen LogP contribution in [0, 0.1) is 11.3 Å². The number of rotatable bonds is 8. The molecule has 0 radical (unpaired) electrons. The Kier molecular flexibility index (Phi) is 9.30. The van der Waals surface area contributed by atoms with E-state index < -0.39 is 68.0 Å². The SMILES string of the molecule is CC1=CCCC(C)(C)[C@H]1C=C[C@@H](C)O[C@@H]1O[C@H](CO[C@@H]2O[C@@H](CO)[C@H](O)[C@H]2O)[C@@H](O)[C@H](O)[C@H]1O. The van der Waals surface area contributed by atoms with Gasteiger partial charge in [-0.3, -0.25) is 0 Å². The van der Waals surface area contributed by atoms with Crippen molar-refractivity contribution in [2.45, 2.75) is 102 Å². The molecule has 196 valence electrons. The molecule has 1 aliphatic carbocycles. The Labute approximate surface area is 200 Å². The molecule has 2 aliphatic heterocycles. The van der Waals surface area contributed by atoms with Crippen molar-refractivity contribution in [3.05, 3.63) is 23.8 Å². The van der Waals surface area contributed by atoms with E-state index in [1.807, 2.05) is 6.08 Å². The van der Waals surface area contributed by atoms with Crippen LogP contribution in [0.15, 0.2) is 23.8 Å². The summed E-state index contributed by atoms with van der Waals surface area (Å²) < 4.78 is 22.2. The normalized spacial score (nSPS) is 43.8. The molecule has 6 N–H and O–H groups in total. The molecular weight excluding hydrogens is 448 g/mol. The van der Waals surface area contributed by atoms with Gasteiger partial charge in [0.1, 0.15) is 42.7 Å². The van der Waals surface area contributed by atoms with Crippen LogP contribution in [-0.2, 0) is 18.9 Å². The highest BCUT2D eigenvalue weighted by molar-refractivity contribution is 5.19. The Balaban J connectivity index is 1.59. The molecule has 0 amide bonds. The van der Waals surface area contributed by atoms with E-state index in [9.17, 15) is 30.6 Å². The summed E-state index contributed by atoms with van der Waals surface area (Å²) in [6, 6.07) is 0. The topological polar surface area (TPSA) is 158 Å². The van der Waals surface area contributed by atoms with Crippen molar-refractivity contribution in [3.8, 4) is 0 Å². The second-order valence-electron chi connectivity index (χ2n) is 10.2. The fourth-order valence-electron chi connectivity index (χ4n) is 4.87. The molecule has 3 rings (SSSR count). The molecule has 10 nitrogen and oxygen atoms in total. The Morgan fingerprint density at radius 3 is 2.24 bits per heavy atom. The third kappa shape index (κ3) is 6.07. The first-order valence-corrected chi connectivity index (χ1v) is 11.9. The lowest BCUT2D eigenvalue weighted by Crippen LogP contribution is -2.60. The molecule has 0 aromatic carbocycles. The van der Waals surface area contributed by atoms with E-state index in [4.69, 9.17) is 18.9 Å². The summed E-state index contributed by atoms with van der Waals surface area (Å²) >= 11 is 0. The maximum Gasteiger partial charge on any atom is 0.187 e. The summed E-state index contributed by atoms with van der Waals surface area (Å²) in [5.41, 5.74) is 1.42. The number of allylic oxidation sites excluding steroid dienone is 3. The summed E-state index contributed by atoms with van der Waals surface area (Å²) in [6.45, 7) is 7.55. The average Bonchev–Trinajstić information content (AvgIpc) is 3.05. The van der Waals surface area contributed by atoms with E-state index in [0.29, 0.717) is 0 Å². The van der Waals surface area contributed by atoms with Crippen molar-refractivity contribution in [1.29, 1.82) is 0 Å². The van der Waals surface area contributed by atoms with Gasteiger partial charge in [0.15, 0.2) is 12.6 Å². The first-order chi connectivity index (χ1) is 16.0. The molecule has 0 bridgehead atoms. The van der Waals surface area contributed by atoms with Gasteiger partial charge < -0.3 is 49.6 Å². The molecular formula is C24H40O10. The molecule has 0 aromatic rings. The number of aliphatic hydroxyl groups excluding tert-OH is 6. The van der Waals surface area contributed by atoms with Gasteiger partial charge in [0, 0.05) is 5.92 Å². The van der Waals surface area contributed by atoms with Gasteiger partial charge in [-0.1, -0.05) is 37.6 Å². The first-order valence-electron chi connectivity index (χ1n) is 11.9. The zero-order valence-electron chi connectivity index (χ0n) is 20.2. The average molecular weight is 489 g/mol. The Bertz CT molecular complexity index is 725. The fourth-order valence-corrected chi connectivity index (χ4v) is 4.87. The Morgan fingerprint density at radius 2 is 1.62 bits per heavy atom. The van der Waals surface area contributed by atoms with Gasteiger partial charge in [-0.05, 0) is 32.1 Å². The fraction of sp³-hybridized carbons (Fsp3) is 0.833. The molecule has 11 atom stereocenters. The number of aliphatic hydroxyl groups is 6. The van der Waals surface area contributed by atoms with E-state index >= 15 is 0 Å². The summed E-state index contributed by atoms with van der Waals surface area (Å²) in [4.78, 5) is 0. The summed E-state index contributed by atoms with van der Waals surface area (Å²) in [5, 5.41) is 60.0. The highest BCUT2D eigenvalue weighted by Crippen LogP contribution is 2.41. The van der Waals surface area contributed by atoms with E-state index in [1.165, 1.54) is 5.57 Å². The smallest absolute Gasteiger partial charge is 0.187 e. The largest absolute Gasteiger partial charge is 0.394 e. The van der Waals surface area contributed by atoms with Crippen molar-refractivity contribution < 1.29 is 49.6 Å². The van der Waals surface area contributed by atoms with Crippen molar-refractivity contribution in [3.63, 3.8) is 0 Å². The predicted octanol–water partition coefficient (Wildman–Crippen LogP) is -0.407. The van der Waals surface area contributed by atoms with Gasteiger partial charge in [-0.15, -0.1) is 0 Å². The lowest BCUT2D eigenvalue weighted by molar-refractivity contribution is -0.314. The van der Waals surface area contributed by atoms with Crippen LogP contribution < -0.4 is 0 Å². The van der Waals surface area contributed by atoms with E-state index in [-0.39, 0.29) is 17.9 Å². The third-order valence-electron chi connectivity index (χ3n) is 7.10. The number of ether oxygens (including phenoxy) is 4. The third-order valence-corrected chi connectivity index (χ3v) is 7.10. The van der Waals surface area contributed by atoms with Crippen LogP contribution in [0.5, 0.6) is 0 Å². The van der Waals surface area contributed by atoms with Crippen LogP contribution in [-0.4, -0.2) is 105 Å². The van der Waals surface area contributed by atoms with Gasteiger partial charge in [0.2, 0.25) is 0 Å². The quantitative estimate of drug-likeness (QED) is 0.248. The minimum absolute atomic E-state index is 0.119. The minimum atomic E-state index is -1.55. The monoisotopic (exact) mass is 488 g/mol. The highest BCUT2D eigenvalue weighted by atomic mass is 16.7. The van der Waals surface area contributed by atoms with E-state index in [2.05, 4.69) is 32.9 Å². The van der Waals surface area contributed by atoms with Gasteiger partial charge in [-0.25, -0.2) is 0 Å². The van der Waals surface area contributed by atoms with Crippen LogP contribution in [0.3, 0.4) is 0 Å². The van der Waals surface area contributed by atoms with Crippen LogP contribution in [0.25, 0.3) is 0 Å². The molecule has 2 heterocycles. The predicted molar refractivity (Wildman–Crippen MR) is 120 cm³/mol. The molecule has 2 saturated heterocycles. The molecule has 34 heavy (non-hydrogen) atoms. The van der Waals surface area contributed by atoms with E-state index in [1.54, 1.807) is 6.92 Å². The van der Waals surface area contributed by atoms with Crippen molar-refractivity contribution in [2.75, 3.05) is 13.2 Å². The lowest BCUT2D eigenvalue weighted by Gasteiger charge is -2.41. The second kappa shape index (κ2) is 11.4. The molecule has 3 aliphatic rings. The van der Waals surface area contributed by atoms with Crippen LogP contribution in [0.4, 0.5) is 0 Å². The molecule has 0 saturated carbocycles. The molecule has 0 aromatic heterocycles. The van der Waals surface area contributed by atoms with Gasteiger partial charge in [-0.2, -0.15) is 0 Å². The van der Waals surface area contributed by atoms with Crippen molar-refractivity contribution >= 4 is 0 Å². The first kappa shape index (κ1) is 27.7. The Morgan fingerprint density at radius 1 is 1.00 bits per heavy atom. The van der Waals surface area contributed by atoms with Crippen molar-refractivity contribution in [2.24, 2.45) is 11.3 Å². The zero-order chi connectivity index (χ0) is 25.2. The summed E-state index contributed by atoms with van der Waals surface area (Å²) in [5.74, 6) is 0.258. The highest BCUT2D eigenvalue weighted by Gasteiger charge is 2.47.